The van der Waals surface area contributed by atoms with Gasteiger partial charge in [-0.15, -0.1) is 0 Å². The summed E-state index contributed by atoms with van der Waals surface area (Å²) in [6.07, 6.45) is 4.69. The van der Waals surface area contributed by atoms with Gasteiger partial charge in [0.1, 0.15) is 0 Å². The molecule has 0 unspecified atom stereocenters. The molecule has 1 aromatic carbocycles. The lowest BCUT2D eigenvalue weighted by Crippen LogP contribution is -2.11. The van der Waals surface area contributed by atoms with Crippen LogP contribution in [0, 0.1) is 0 Å². The molecule has 1 amide bonds. The van der Waals surface area contributed by atoms with Gasteiger partial charge in [0.2, 0.25) is 5.91 Å². The lowest BCUT2D eigenvalue weighted by molar-refractivity contribution is -0.117. The number of aromatic nitrogens is 1. The molecule has 1 heterocycles. The number of primary amides is 1. The van der Waals surface area contributed by atoms with Gasteiger partial charge < -0.3 is 5.73 Å². The number of benzene rings is 1. The van der Waals surface area contributed by atoms with E-state index in [2.05, 4.69) is 11.1 Å². The topological polar surface area (TPSA) is 56.0 Å². The molecule has 3 heteroatoms. The Morgan fingerprint density at radius 2 is 2.13 bits per heavy atom. The molecular weight excluding hydrogens is 188 g/mol. The van der Waals surface area contributed by atoms with Gasteiger partial charge in [-0.1, -0.05) is 18.2 Å². The average molecular weight is 200 g/mol. The molecule has 2 aromatic rings. The second-order valence-electron chi connectivity index (χ2n) is 3.52. The van der Waals surface area contributed by atoms with Crippen LogP contribution in [0.2, 0.25) is 0 Å². The number of nitrogens with zero attached hydrogens (tertiary/aromatic N) is 1. The summed E-state index contributed by atoms with van der Waals surface area (Å²) in [6, 6.07) is 8.05. The molecule has 1 aromatic heterocycles. The minimum atomic E-state index is -0.259. The standard InChI is InChI=1S/C12H12N2O/c13-12(15)4-2-9-1-3-11-8-14-6-5-10(11)7-9/h1,3,5-8H,2,4H2,(H2,13,15). The lowest BCUT2D eigenvalue weighted by Gasteiger charge is -2.01. The zero-order valence-electron chi connectivity index (χ0n) is 8.31. The summed E-state index contributed by atoms with van der Waals surface area (Å²) in [5.41, 5.74) is 6.24. The fourth-order valence-electron chi connectivity index (χ4n) is 1.56. The highest BCUT2D eigenvalue weighted by Gasteiger charge is 1.99. The zero-order valence-corrected chi connectivity index (χ0v) is 8.31. The SMILES string of the molecule is NC(=O)CCc1ccc2cnccc2c1. The molecule has 0 aliphatic rings. The van der Waals surface area contributed by atoms with Gasteiger partial charge in [0.05, 0.1) is 0 Å². The molecule has 15 heavy (non-hydrogen) atoms. The maximum absolute atomic E-state index is 10.6. The van der Waals surface area contributed by atoms with Crippen LogP contribution in [-0.4, -0.2) is 10.9 Å². The molecule has 2 N–H and O–H groups in total. The zero-order chi connectivity index (χ0) is 10.7. The van der Waals surface area contributed by atoms with E-state index in [1.54, 1.807) is 6.20 Å². The predicted octanol–water partition coefficient (Wildman–Crippen LogP) is 1.65. The number of amides is 1. The quantitative estimate of drug-likeness (QED) is 0.819. The van der Waals surface area contributed by atoms with Crippen molar-refractivity contribution in [3.05, 3.63) is 42.2 Å². The lowest BCUT2D eigenvalue weighted by atomic mass is 10.1. The third-order valence-corrected chi connectivity index (χ3v) is 2.37. The number of hydrogen-bond donors (Lipinski definition) is 1. The molecule has 2 rings (SSSR count). The van der Waals surface area contributed by atoms with Gasteiger partial charge in [0.25, 0.3) is 0 Å². The van der Waals surface area contributed by atoms with Crippen LogP contribution >= 0.6 is 0 Å². The summed E-state index contributed by atoms with van der Waals surface area (Å²) in [7, 11) is 0. The van der Waals surface area contributed by atoms with Gasteiger partial charge in [0.15, 0.2) is 0 Å². The number of hydrogen-bond acceptors (Lipinski definition) is 2. The second-order valence-corrected chi connectivity index (χ2v) is 3.52. The number of rotatable bonds is 3. The van der Waals surface area contributed by atoms with Crippen LogP contribution in [0.1, 0.15) is 12.0 Å². The molecule has 0 aliphatic carbocycles. The Morgan fingerprint density at radius 3 is 2.93 bits per heavy atom. The second kappa shape index (κ2) is 4.09. The van der Waals surface area contributed by atoms with Crippen molar-refractivity contribution in [3.8, 4) is 0 Å². The van der Waals surface area contributed by atoms with Gasteiger partial charge >= 0.3 is 0 Å². The average Bonchev–Trinajstić information content (AvgIpc) is 2.26. The molecule has 76 valence electrons. The number of aryl methyl sites for hydroxylation is 1. The van der Waals surface area contributed by atoms with E-state index in [9.17, 15) is 4.79 Å². The molecule has 0 atom stereocenters. The van der Waals surface area contributed by atoms with E-state index >= 15 is 0 Å². The number of carbonyl (C=O) groups is 1. The fraction of sp³-hybridized carbons (Fsp3) is 0.167. The van der Waals surface area contributed by atoms with E-state index in [4.69, 9.17) is 5.73 Å². The van der Waals surface area contributed by atoms with Gasteiger partial charge in [-0.2, -0.15) is 0 Å². The summed E-state index contributed by atoms with van der Waals surface area (Å²) < 4.78 is 0. The van der Waals surface area contributed by atoms with E-state index in [-0.39, 0.29) is 5.91 Å². The van der Waals surface area contributed by atoms with Crippen LogP contribution in [0.15, 0.2) is 36.7 Å². The first-order valence-electron chi connectivity index (χ1n) is 4.87. The molecule has 0 saturated heterocycles. The summed E-state index contributed by atoms with van der Waals surface area (Å²) in [5.74, 6) is -0.259. The minimum Gasteiger partial charge on any atom is -0.370 e. The van der Waals surface area contributed by atoms with E-state index in [0.717, 1.165) is 16.3 Å². The highest BCUT2D eigenvalue weighted by molar-refractivity contribution is 5.82. The van der Waals surface area contributed by atoms with Crippen LogP contribution in [0.25, 0.3) is 10.8 Å². The Labute approximate surface area is 87.9 Å². The highest BCUT2D eigenvalue weighted by Crippen LogP contribution is 2.15. The van der Waals surface area contributed by atoms with Crippen molar-refractivity contribution in [3.63, 3.8) is 0 Å². The van der Waals surface area contributed by atoms with Crippen molar-refractivity contribution in [2.24, 2.45) is 5.73 Å². The summed E-state index contributed by atoms with van der Waals surface area (Å²) in [4.78, 5) is 14.7. The number of nitrogens with two attached hydrogens (primary N) is 1. The summed E-state index contributed by atoms with van der Waals surface area (Å²) >= 11 is 0. The van der Waals surface area contributed by atoms with Crippen LogP contribution in [0.4, 0.5) is 0 Å². The van der Waals surface area contributed by atoms with E-state index in [1.165, 1.54) is 0 Å². The van der Waals surface area contributed by atoms with Crippen molar-refractivity contribution in [2.45, 2.75) is 12.8 Å². The number of fused-ring (bicyclic) bond motifs is 1. The Morgan fingerprint density at radius 1 is 1.27 bits per heavy atom. The summed E-state index contributed by atoms with van der Waals surface area (Å²) in [5, 5.41) is 2.26. The Bertz CT molecular complexity index is 494. The van der Waals surface area contributed by atoms with Crippen molar-refractivity contribution in [1.82, 2.24) is 4.98 Å². The van der Waals surface area contributed by atoms with Crippen LogP contribution in [0.3, 0.4) is 0 Å². The first-order chi connectivity index (χ1) is 7.25. The molecular formula is C12H12N2O. The summed E-state index contributed by atoms with van der Waals surface area (Å²) in [6.45, 7) is 0. The monoisotopic (exact) mass is 200 g/mol. The highest BCUT2D eigenvalue weighted by atomic mass is 16.1. The molecule has 0 fully saturated rings. The number of pyridine rings is 1. The van der Waals surface area contributed by atoms with Crippen molar-refractivity contribution < 1.29 is 4.79 Å². The van der Waals surface area contributed by atoms with Crippen LogP contribution in [-0.2, 0) is 11.2 Å². The minimum absolute atomic E-state index is 0.259. The van der Waals surface area contributed by atoms with Crippen molar-refractivity contribution in [1.29, 1.82) is 0 Å². The fourth-order valence-corrected chi connectivity index (χ4v) is 1.56. The molecule has 0 aliphatic heterocycles. The Balaban J connectivity index is 2.26. The first-order valence-corrected chi connectivity index (χ1v) is 4.87. The molecule has 0 radical (unpaired) electrons. The number of carbonyl (C=O) groups excluding carboxylic acids is 1. The third kappa shape index (κ3) is 2.31. The van der Waals surface area contributed by atoms with Crippen molar-refractivity contribution in [2.75, 3.05) is 0 Å². The smallest absolute Gasteiger partial charge is 0.217 e. The molecule has 0 spiro atoms. The maximum Gasteiger partial charge on any atom is 0.217 e. The van der Waals surface area contributed by atoms with Crippen molar-refractivity contribution >= 4 is 16.7 Å². The molecule has 0 bridgehead atoms. The predicted molar refractivity (Wildman–Crippen MR) is 59.3 cm³/mol. The van der Waals surface area contributed by atoms with Gasteiger partial charge in [-0.05, 0) is 23.4 Å². The third-order valence-electron chi connectivity index (χ3n) is 2.37. The van der Waals surface area contributed by atoms with E-state index in [1.807, 2.05) is 24.4 Å². The van der Waals surface area contributed by atoms with Gasteiger partial charge in [-0.3, -0.25) is 9.78 Å². The largest absolute Gasteiger partial charge is 0.370 e. The first kappa shape index (κ1) is 9.65. The maximum atomic E-state index is 10.6. The Kier molecular flexibility index (Phi) is 2.63. The molecule has 3 nitrogen and oxygen atoms in total. The van der Waals surface area contributed by atoms with E-state index < -0.39 is 0 Å². The van der Waals surface area contributed by atoms with Crippen LogP contribution in [0.5, 0.6) is 0 Å². The Hall–Kier alpha value is -1.90. The normalized spacial score (nSPS) is 10.4. The van der Waals surface area contributed by atoms with Crippen LogP contribution < -0.4 is 5.73 Å². The van der Waals surface area contributed by atoms with Gasteiger partial charge in [0, 0.05) is 24.2 Å². The van der Waals surface area contributed by atoms with Gasteiger partial charge in [-0.25, -0.2) is 0 Å². The van der Waals surface area contributed by atoms with E-state index in [0.29, 0.717) is 12.8 Å². The molecule has 0 saturated carbocycles.